The second-order valence-corrected chi connectivity index (χ2v) is 6.71. The molecule has 2 aromatic rings. The average Bonchev–Trinajstić information content (AvgIpc) is 2.58. The summed E-state index contributed by atoms with van der Waals surface area (Å²) in [6.45, 7) is 4.28. The molecule has 0 aliphatic heterocycles. The predicted octanol–water partition coefficient (Wildman–Crippen LogP) is 4.89. The molecule has 130 valence electrons. The van der Waals surface area contributed by atoms with Crippen molar-refractivity contribution in [3.8, 4) is 0 Å². The smallest absolute Gasteiger partial charge is 0.190 e. The predicted molar refractivity (Wildman–Crippen MR) is 99.9 cm³/mol. The van der Waals surface area contributed by atoms with E-state index in [4.69, 9.17) is 0 Å². The normalized spacial score (nSPS) is 11.7. The molecule has 0 bridgehead atoms. The molecule has 0 heterocycles. The van der Waals surface area contributed by atoms with Gasteiger partial charge in [-0.1, -0.05) is 61.9 Å². The van der Waals surface area contributed by atoms with Crippen LogP contribution < -0.4 is 0 Å². The Morgan fingerprint density at radius 1 is 0.792 bits per heavy atom. The van der Waals surface area contributed by atoms with E-state index in [1.54, 1.807) is 0 Å². The summed E-state index contributed by atoms with van der Waals surface area (Å²) in [6, 6.07) is 16.1. The monoisotopic (exact) mass is 326 g/mol. The third-order valence-corrected chi connectivity index (χ3v) is 4.73. The van der Waals surface area contributed by atoms with Gasteiger partial charge in [0.15, 0.2) is 5.79 Å². The topological polar surface area (TPSA) is 40.5 Å². The van der Waals surface area contributed by atoms with E-state index in [1.165, 1.54) is 11.1 Å². The highest BCUT2D eigenvalue weighted by Crippen LogP contribution is 2.28. The van der Waals surface area contributed by atoms with Crippen LogP contribution in [0.4, 0.5) is 0 Å². The number of hydrogen-bond donors (Lipinski definition) is 2. The number of unbranched alkanes of at least 4 members (excludes halogenated alkanes) is 2. The number of aryl methyl sites for hydroxylation is 3. The molecule has 0 amide bonds. The molecule has 0 saturated heterocycles. The van der Waals surface area contributed by atoms with Crippen LogP contribution in [0.5, 0.6) is 0 Å². The van der Waals surface area contributed by atoms with Crippen LogP contribution in [0.1, 0.15) is 61.3 Å². The fraction of sp³-hybridized carbons (Fsp3) is 0.455. The summed E-state index contributed by atoms with van der Waals surface area (Å²) in [5, 5.41) is 21.1. The van der Waals surface area contributed by atoms with Gasteiger partial charge in [0.05, 0.1) is 0 Å². The molecular formula is C22H30O2. The van der Waals surface area contributed by atoms with Gasteiger partial charge >= 0.3 is 0 Å². The van der Waals surface area contributed by atoms with Crippen LogP contribution in [0.2, 0.25) is 0 Å². The van der Waals surface area contributed by atoms with Gasteiger partial charge in [-0.3, -0.25) is 0 Å². The van der Waals surface area contributed by atoms with Gasteiger partial charge in [0.2, 0.25) is 0 Å². The first-order chi connectivity index (χ1) is 11.5. The second kappa shape index (κ2) is 9.00. The minimum absolute atomic E-state index is 0.377. The van der Waals surface area contributed by atoms with Crippen molar-refractivity contribution >= 4 is 0 Å². The number of rotatable bonds is 9. The highest BCUT2D eigenvalue weighted by Gasteiger charge is 2.27. The zero-order chi connectivity index (χ0) is 17.4. The van der Waals surface area contributed by atoms with E-state index in [-0.39, 0.29) is 0 Å². The number of benzene rings is 2. The van der Waals surface area contributed by atoms with E-state index >= 15 is 0 Å². The zero-order valence-electron chi connectivity index (χ0n) is 15.0. The van der Waals surface area contributed by atoms with Crippen molar-refractivity contribution in [1.29, 1.82) is 0 Å². The van der Waals surface area contributed by atoms with Gasteiger partial charge in [0, 0.05) is 12.0 Å². The standard InChI is InChI=1S/C22H30O2/c1-3-4-12-20-15-7-8-16-21(20)22(23,24)17-10-9-14-19-13-6-5-11-18(19)2/h5-8,11,13,15-16,23-24H,3-4,9-10,12,14,17H2,1-2H3. The highest BCUT2D eigenvalue weighted by atomic mass is 16.5. The lowest BCUT2D eigenvalue weighted by Gasteiger charge is -2.25. The van der Waals surface area contributed by atoms with E-state index in [0.717, 1.165) is 44.1 Å². The van der Waals surface area contributed by atoms with E-state index < -0.39 is 5.79 Å². The first kappa shape index (κ1) is 18.7. The third-order valence-electron chi connectivity index (χ3n) is 4.73. The molecule has 0 saturated carbocycles. The van der Waals surface area contributed by atoms with Gasteiger partial charge in [-0.05, 0) is 55.7 Å². The minimum Gasteiger partial charge on any atom is -0.362 e. The number of hydrogen-bond acceptors (Lipinski definition) is 2. The maximum Gasteiger partial charge on any atom is 0.190 e. The van der Waals surface area contributed by atoms with Crippen LogP contribution in [0.25, 0.3) is 0 Å². The molecule has 2 N–H and O–H groups in total. The van der Waals surface area contributed by atoms with Crippen LogP contribution in [0.15, 0.2) is 48.5 Å². The lowest BCUT2D eigenvalue weighted by atomic mass is 9.92. The largest absolute Gasteiger partial charge is 0.362 e. The van der Waals surface area contributed by atoms with Crippen molar-refractivity contribution in [3.63, 3.8) is 0 Å². The van der Waals surface area contributed by atoms with Crippen molar-refractivity contribution < 1.29 is 10.2 Å². The fourth-order valence-electron chi connectivity index (χ4n) is 3.21. The minimum atomic E-state index is -1.73. The molecule has 0 atom stereocenters. The lowest BCUT2D eigenvalue weighted by Crippen LogP contribution is -2.26. The molecule has 2 heteroatoms. The molecule has 0 spiro atoms. The quantitative estimate of drug-likeness (QED) is 0.509. The van der Waals surface area contributed by atoms with E-state index in [9.17, 15) is 10.2 Å². The van der Waals surface area contributed by atoms with Crippen LogP contribution in [-0.2, 0) is 18.6 Å². The average molecular weight is 326 g/mol. The van der Waals surface area contributed by atoms with E-state index in [0.29, 0.717) is 12.0 Å². The van der Waals surface area contributed by atoms with Gasteiger partial charge in [-0.15, -0.1) is 0 Å². The van der Waals surface area contributed by atoms with Gasteiger partial charge < -0.3 is 10.2 Å². The Kier molecular flexibility index (Phi) is 7.01. The fourth-order valence-corrected chi connectivity index (χ4v) is 3.21. The van der Waals surface area contributed by atoms with E-state index in [2.05, 4.69) is 38.1 Å². The molecule has 0 fully saturated rings. The van der Waals surface area contributed by atoms with Crippen LogP contribution in [0.3, 0.4) is 0 Å². The molecule has 2 aromatic carbocycles. The lowest BCUT2D eigenvalue weighted by molar-refractivity contribution is -0.175. The summed E-state index contributed by atoms with van der Waals surface area (Å²) in [4.78, 5) is 0. The molecule has 24 heavy (non-hydrogen) atoms. The van der Waals surface area contributed by atoms with Gasteiger partial charge in [-0.2, -0.15) is 0 Å². The molecule has 0 aromatic heterocycles. The van der Waals surface area contributed by atoms with Crippen LogP contribution in [-0.4, -0.2) is 10.2 Å². The highest BCUT2D eigenvalue weighted by molar-refractivity contribution is 5.31. The zero-order valence-corrected chi connectivity index (χ0v) is 15.0. The van der Waals surface area contributed by atoms with Crippen molar-refractivity contribution in [1.82, 2.24) is 0 Å². The third kappa shape index (κ3) is 5.19. The maximum absolute atomic E-state index is 10.6. The Labute approximate surface area is 146 Å². The first-order valence-corrected chi connectivity index (χ1v) is 9.12. The molecule has 0 radical (unpaired) electrons. The summed E-state index contributed by atoms with van der Waals surface area (Å²) in [6.07, 6.45) is 6.20. The molecule has 0 aliphatic carbocycles. The Bertz CT molecular complexity index is 631. The molecule has 2 rings (SSSR count). The van der Waals surface area contributed by atoms with Crippen LogP contribution >= 0.6 is 0 Å². The summed E-state index contributed by atoms with van der Waals surface area (Å²) < 4.78 is 0. The number of aliphatic hydroxyl groups is 2. The molecule has 2 nitrogen and oxygen atoms in total. The SMILES string of the molecule is CCCCc1ccccc1C(O)(O)CCCCc1ccccc1C. The van der Waals surface area contributed by atoms with Crippen molar-refractivity contribution in [3.05, 3.63) is 70.8 Å². The van der Waals surface area contributed by atoms with Crippen molar-refractivity contribution in [2.75, 3.05) is 0 Å². The summed E-state index contributed by atoms with van der Waals surface area (Å²) in [7, 11) is 0. The Balaban J connectivity index is 1.92. The molecular weight excluding hydrogens is 296 g/mol. The van der Waals surface area contributed by atoms with Crippen LogP contribution in [0, 0.1) is 6.92 Å². The maximum atomic E-state index is 10.6. The summed E-state index contributed by atoms with van der Waals surface area (Å²) in [5.74, 6) is -1.73. The van der Waals surface area contributed by atoms with Gasteiger partial charge in [0.1, 0.15) is 0 Å². The molecule has 0 unspecified atom stereocenters. The first-order valence-electron chi connectivity index (χ1n) is 9.12. The Morgan fingerprint density at radius 2 is 1.42 bits per heavy atom. The summed E-state index contributed by atoms with van der Waals surface area (Å²) >= 11 is 0. The second-order valence-electron chi connectivity index (χ2n) is 6.71. The van der Waals surface area contributed by atoms with Gasteiger partial charge in [-0.25, -0.2) is 0 Å². The van der Waals surface area contributed by atoms with Crippen molar-refractivity contribution in [2.24, 2.45) is 0 Å². The van der Waals surface area contributed by atoms with Crippen molar-refractivity contribution in [2.45, 2.75) is 64.6 Å². The van der Waals surface area contributed by atoms with Gasteiger partial charge in [0.25, 0.3) is 0 Å². The summed E-state index contributed by atoms with van der Waals surface area (Å²) in [5.41, 5.74) is 4.39. The Hall–Kier alpha value is -1.64. The van der Waals surface area contributed by atoms with E-state index in [1.807, 2.05) is 24.3 Å². The Morgan fingerprint density at radius 3 is 2.12 bits per heavy atom. The molecule has 0 aliphatic rings.